The predicted molar refractivity (Wildman–Crippen MR) is 69.3 cm³/mol. The normalized spacial score (nSPS) is 10.3. The Hall–Kier alpha value is -1.26. The zero-order chi connectivity index (χ0) is 12.8. The zero-order valence-electron chi connectivity index (χ0n) is 10.1. The van der Waals surface area contributed by atoms with E-state index in [-0.39, 0.29) is 5.91 Å². The van der Waals surface area contributed by atoms with Gasteiger partial charge in [0.05, 0.1) is 12.2 Å². The number of carbonyl (C=O) groups excluding carboxylic acids is 1. The Morgan fingerprint density at radius 2 is 2.24 bits per heavy atom. The highest BCUT2D eigenvalue weighted by Gasteiger charge is 2.14. The topological polar surface area (TPSA) is 55.6 Å². The first-order valence-corrected chi connectivity index (χ1v) is 5.82. The largest absolute Gasteiger partial charge is 0.398 e. The van der Waals surface area contributed by atoms with E-state index in [0.29, 0.717) is 36.0 Å². The number of nitrogen functional groups attached to an aromatic ring is 1. The van der Waals surface area contributed by atoms with Gasteiger partial charge in [0, 0.05) is 30.9 Å². The lowest BCUT2D eigenvalue weighted by molar-refractivity contribution is 0.0711. The van der Waals surface area contributed by atoms with Crippen LogP contribution in [0.15, 0.2) is 18.2 Å². The van der Waals surface area contributed by atoms with Crippen LogP contribution in [0.4, 0.5) is 5.69 Å². The fraction of sp³-hybridized carbons (Fsp3) is 0.417. The molecule has 2 N–H and O–H groups in total. The van der Waals surface area contributed by atoms with Gasteiger partial charge in [-0.05, 0) is 25.1 Å². The number of hydrogen-bond acceptors (Lipinski definition) is 3. The van der Waals surface area contributed by atoms with Crippen LogP contribution < -0.4 is 5.73 Å². The summed E-state index contributed by atoms with van der Waals surface area (Å²) in [7, 11) is 1.72. The number of halogens is 1. The zero-order valence-corrected chi connectivity index (χ0v) is 10.8. The van der Waals surface area contributed by atoms with E-state index in [2.05, 4.69) is 0 Å². The van der Waals surface area contributed by atoms with Crippen molar-refractivity contribution >= 4 is 23.2 Å². The fourth-order valence-electron chi connectivity index (χ4n) is 1.38. The molecule has 0 aliphatic carbocycles. The van der Waals surface area contributed by atoms with Gasteiger partial charge in [-0.3, -0.25) is 4.79 Å². The molecule has 4 nitrogen and oxygen atoms in total. The SMILES string of the molecule is CCOCCN(C)C(=O)c1ccc(Cl)cc1N. The first-order valence-electron chi connectivity index (χ1n) is 5.44. The molecule has 0 unspecified atom stereocenters. The average molecular weight is 257 g/mol. The third kappa shape index (κ3) is 3.91. The highest BCUT2D eigenvalue weighted by Crippen LogP contribution is 2.19. The second-order valence-corrected chi connectivity index (χ2v) is 4.09. The number of rotatable bonds is 5. The molecule has 5 heteroatoms. The highest BCUT2D eigenvalue weighted by atomic mass is 35.5. The van der Waals surface area contributed by atoms with E-state index in [1.54, 1.807) is 30.1 Å². The molecular weight excluding hydrogens is 240 g/mol. The molecule has 0 aliphatic rings. The molecule has 0 atom stereocenters. The molecule has 1 aromatic rings. The smallest absolute Gasteiger partial charge is 0.255 e. The number of hydrogen-bond donors (Lipinski definition) is 1. The van der Waals surface area contributed by atoms with Crippen LogP contribution in [0.1, 0.15) is 17.3 Å². The van der Waals surface area contributed by atoms with E-state index >= 15 is 0 Å². The van der Waals surface area contributed by atoms with Gasteiger partial charge in [-0.2, -0.15) is 0 Å². The Balaban J connectivity index is 2.68. The molecule has 0 spiro atoms. The number of nitrogens with two attached hydrogens (primary N) is 1. The molecular formula is C12H17ClN2O2. The van der Waals surface area contributed by atoms with Crippen LogP contribution in [-0.4, -0.2) is 37.6 Å². The summed E-state index contributed by atoms with van der Waals surface area (Å²) in [5.74, 6) is -0.126. The molecule has 1 aromatic carbocycles. The monoisotopic (exact) mass is 256 g/mol. The van der Waals surface area contributed by atoms with Crippen LogP contribution in [0.2, 0.25) is 5.02 Å². The summed E-state index contributed by atoms with van der Waals surface area (Å²) in [6.45, 7) is 3.62. The lowest BCUT2D eigenvalue weighted by Gasteiger charge is -2.18. The molecule has 0 aliphatic heterocycles. The minimum Gasteiger partial charge on any atom is -0.398 e. The maximum Gasteiger partial charge on any atom is 0.255 e. The maximum atomic E-state index is 12.0. The second kappa shape index (κ2) is 6.47. The van der Waals surface area contributed by atoms with Crippen molar-refractivity contribution in [2.45, 2.75) is 6.92 Å². The Morgan fingerprint density at radius 3 is 2.82 bits per heavy atom. The summed E-state index contributed by atoms with van der Waals surface area (Å²) >= 11 is 5.78. The van der Waals surface area contributed by atoms with Crippen molar-refractivity contribution in [1.29, 1.82) is 0 Å². The molecule has 0 heterocycles. The van der Waals surface area contributed by atoms with Crippen molar-refractivity contribution in [2.75, 3.05) is 32.5 Å². The molecule has 17 heavy (non-hydrogen) atoms. The van der Waals surface area contributed by atoms with E-state index in [0.717, 1.165) is 0 Å². The minimum absolute atomic E-state index is 0.126. The minimum atomic E-state index is -0.126. The summed E-state index contributed by atoms with van der Waals surface area (Å²) < 4.78 is 5.19. The van der Waals surface area contributed by atoms with Gasteiger partial charge in [0.1, 0.15) is 0 Å². The number of nitrogens with zero attached hydrogens (tertiary/aromatic N) is 1. The molecule has 0 fully saturated rings. The number of amides is 1. The lowest BCUT2D eigenvalue weighted by Crippen LogP contribution is -2.30. The summed E-state index contributed by atoms with van der Waals surface area (Å²) in [5, 5.41) is 0.524. The van der Waals surface area contributed by atoms with Gasteiger partial charge in [-0.15, -0.1) is 0 Å². The molecule has 0 radical (unpaired) electrons. The van der Waals surface area contributed by atoms with E-state index in [9.17, 15) is 4.79 Å². The van der Waals surface area contributed by atoms with Crippen molar-refractivity contribution in [3.8, 4) is 0 Å². The third-order valence-electron chi connectivity index (χ3n) is 2.37. The van der Waals surface area contributed by atoms with Gasteiger partial charge >= 0.3 is 0 Å². The van der Waals surface area contributed by atoms with Gasteiger partial charge < -0.3 is 15.4 Å². The number of benzene rings is 1. The molecule has 94 valence electrons. The number of anilines is 1. The molecule has 0 aromatic heterocycles. The Kier molecular flexibility index (Phi) is 5.25. The van der Waals surface area contributed by atoms with Crippen molar-refractivity contribution < 1.29 is 9.53 Å². The Labute approximate surface area is 106 Å². The van der Waals surface area contributed by atoms with Crippen molar-refractivity contribution in [3.63, 3.8) is 0 Å². The standard InChI is InChI=1S/C12H17ClN2O2/c1-3-17-7-6-15(2)12(16)10-5-4-9(13)8-11(10)14/h4-5,8H,3,6-7,14H2,1-2H3. The van der Waals surface area contributed by atoms with E-state index < -0.39 is 0 Å². The summed E-state index contributed by atoms with van der Waals surface area (Å²) in [6, 6.07) is 4.86. The van der Waals surface area contributed by atoms with Crippen LogP contribution >= 0.6 is 11.6 Å². The Bertz CT molecular complexity index is 396. The van der Waals surface area contributed by atoms with Crippen LogP contribution in [0.5, 0.6) is 0 Å². The maximum absolute atomic E-state index is 12.0. The van der Waals surface area contributed by atoms with Crippen LogP contribution in [-0.2, 0) is 4.74 Å². The van der Waals surface area contributed by atoms with Crippen LogP contribution in [0, 0.1) is 0 Å². The van der Waals surface area contributed by atoms with Crippen molar-refractivity contribution in [2.24, 2.45) is 0 Å². The number of ether oxygens (including phenoxy) is 1. The predicted octanol–water partition coefficient (Wildman–Crippen LogP) is 2.03. The summed E-state index contributed by atoms with van der Waals surface area (Å²) in [6.07, 6.45) is 0. The van der Waals surface area contributed by atoms with Gasteiger partial charge in [0.25, 0.3) is 5.91 Å². The first-order chi connectivity index (χ1) is 8.06. The van der Waals surface area contributed by atoms with Crippen molar-refractivity contribution in [1.82, 2.24) is 4.90 Å². The quantitative estimate of drug-likeness (QED) is 0.648. The third-order valence-corrected chi connectivity index (χ3v) is 2.60. The Morgan fingerprint density at radius 1 is 1.53 bits per heavy atom. The molecule has 0 saturated heterocycles. The van der Waals surface area contributed by atoms with Gasteiger partial charge in [-0.1, -0.05) is 11.6 Å². The molecule has 0 bridgehead atoms. The second-order valence-electron chi connectivity index (χ2n) is 3.66. The van der Waals surface area contributed by atoms with E-state index in [1.165, 1.54) is 0 Å². The average Bonchev–Trinajstić information content (AvgIpc) is 2.28. The first kappa shape index (κ1) is 13.8. The molecule has 1 amide bonds. The van der Waals surface area contributed by atoms with E-state index in [1.807, 2.05) is 6.92 Å². The fourth-order valence-corrected chi connectivity index (χ4v) is 1.56. The van der Waals surface area contributed by atoms with Crippen LogP contribution in [0.25, 0.3) is 0 Å². The number of carbonyl (C=O) groups is 1. The van der Waals surface area contributed by atoms with Gasteiger partial charge in [0.2, 0.25) is 0 Å². The van der Waals surface area contributed by atoms with Gasteiger partial charge in [-0.25, -0.2) is 0 Å². The molecule has 0 saturated carbocycles. The lowest BCUT2D eigenvalue weighted by atomic mass is 10.1. The van der Waals surface area contributed by atoms with Crippen LogP contribution in [0.3, 0.4) is 0 Å². The summed E-state index contributed by atoms with van der Waals surface area (Å²) in [5.41, 5.74) is 6.61. The highest BCUT2D eigenvalue weighted by molar-refractivity contribution is 6.31. The summed E-state index contributed by atoms with van der Waals surface area (Å²) in [4.78, 5) is 13.6. The van der Waals surface area contributed by atoms with E-state index in [4.69, 9.17) is 22.1 Å². The van der Waals surface area contributed by atoms with Crippen molar-refractivity contribution in [3.05, 3.63) is 28.8 Å². The number of likely N-dealkylation sites (N-methyl/N-ethyl adjacent to an activating group) is 1. The van der Waals surface area contributed by atoms with Gasteiger partial charge in [0.15, 0.2) is 0 Å². The molecule has 1 rings (SSSR count).